The molecule has 1 heterocycles. The van der Waals surface area contributed by atoms with Gasteiger partial charge in [0.1, 0.15) is 11.9 Å². The fourth-order valence-electron chi connectivity index (χ4n) is 8.10. The van der Waals surface area contributed by atoms with Gasteiger partial charge in [-0.3, -0.25) is 9.59 Å². The van der Waals surface area contributed by atoms with Crippen molar-refractivity contribution in [2.24, 2.45) is 41.4 Å². The summed E-state index contributed by atoms with van der Waals surface area (Å²) in [5.41, 5.74) is 0. The Kier molecular flexibility index (Phi) is 10.4. The molecule has 0 amide bonds. The Balaban J connectivity index is 1.61. The highest BCUT2D eigenvalue weighted by atomic mass is 28.4. The van der Waals surface area contributed by atoms with E-state index in [9.17, 15) is 9.59 Å². The molecule has 3 aliphatic carbocycles. The molecule has 3 fully saturated rings. The number of ketones is 1. The molecule has 5 nitrogen and oxygen atoms in total. The molecule has 0 radical (unpaired) electrons. The fraction of sp³-hybridized carbons (Fsp3) is 0.889. The molecule has 0 aromatic heterocycles. The van der Waals surface area contributed by atoms with Crippen molar-refractivity contribution in [3.8, 4) is 0 Å². The summed E-state index contributed by atoms with van der Waals surface area (Å²) in [7, 11) is -3.94. The van der Waals surface area contributed by atoms with Crippen LogP contribution in [-0.4, -0.2) is 46.7 Å². The summed E-state index contributed by atoms with van der Waals surface area (Å²) in [5, 5.41) is 0.270. The maximum Gasteiger partial charge on any atom is 0.306 e. The molecule has 1 aliphatic heterocycles. The largest absolute Gasteiger partial charge is 0.462 e. The van der Waals surface area contributed by atoms with Gasteiger partial charge in [0.25, 0.3) is 0 Å². The minimum Gasteiger partial charge on any atom is -0.462 e. The lowest BCUT2D eigenvalue weighted by Gasteiger charge is -2.41. The van der Waals surface area contributed by atoms with Crippen molar-refractivity contribution in [3.05, 3.63) is 12.2 Å². The number of cyclic esters (lactones) is 1. The number of allylic oxidation sites excluding steroid dienone is 2. The molecule has 246 valence electrons. The predicted molar refractivity (Wildman–Crippen MR) is 181 cm³/mol. The molecule has 4 aliphatic rings. The molecule has 0 unspecified atom stereocenters. The summed E-state index contributed by atoms with van der Waals surface area (Å²) in [5.74, 6) is 1.64. The number of carbonyl (C=O) groups is 2. The van der Waals surface area contributed by atoms with Crippen molar-refractivity contribution in [3.63, 3.8) is 0 Å². The summed E-state index contributed by atoms with van der Waals surface area (Å²) < 4.78 is 20.1. The topological polar surface area (TPSA) is 61.8 Å². The molecule has 43 heavy (non-hydrogen) atoms. The number of fused-ring (bicyclic) bond motifs is 5. The molecule has 10 atom stereocenters. The van der Waals surface area contributed by atoms with Crippen LogP contribution in [0.15, 0.2) is 12.2 Å². The number of rotatable bonds is 5. The maximum absolute atomic E-state index is 14.6. The van der Waals surface area contributed by atoms with E-state index in [-0.39, 0.29) is 58.0 Å². The number of hydrogen-bond acceptors (Lipinski definition) is 5. The Labute approximate surface area is 265 Å². The average Bonchev–Trinajstić information content (AvgIpc) is 3.45. The third-order valence-corrected chi connectivity index (χ3v) is 21.9. The van der Waals surface area contributed by atoms with E-state index in [1.54, 1.807) is 0 Å². The predicted octanol–water partition coefficient (Wildman–Crippen LogP) is 9.33. The Morgan fingerprint density at radius 1 is 0.837 bits per heavy atom. The molecule has 0 bridgehead atoms. The third kappa shape index (κ3) is 7.46. The molecule has 2 saturated carbocycles. The standard InChI is InChI=1S/C36H64O5Si2/c1-13-25-15-14-16-32(41-43(11,12)36(6,7)8)23(2)34(38)31-21-29-27(30(31)22-33(37)39-25)18-17-24-19-26(20-28(24)29)40-42(9,10)35(3,4)5/h17-18,23-32H,13-16,19-22H2,1-12H3/t23-,24-,25+,26-,27-,28-,29-,30+,31-,32-/m1/s1. The van der Waals surface area contributed by atoms with Crippen LogP contribution in [0.25, 0.3) is 0 Å². The van der Waals surface area contributed by atoms with Gasteiger partial charge in [-0.15, -0.1) is 0 Å². The van der Waals surface area contributed by atoms with Crippen LogP contribution in [-0.2, 0) is 23.2 Å². The van der Waals surface area contributed by atoms with E-state index in [0.717, 1.165) is 44.9 Å². The average molecular weight is 633 g/mol. The van der Waals surface area contributed by atoms with Gasteiger partial charge in [-0.2, -0.15) is 0 Å². The lowest BCUT2D eigenvalue weighted by atomic mass is 9.71. The monoisotopic (exact) mass is 632 g/mol. The van der Waals surface area contributed by atoms with Gasteiger partial charge in [-0.25, -0.2) is 0 Å². The third-order valence-electron chi connectivity index (χ3n) is 12.8. The molecule has 7 heteroatoms. The fourth-order valence-corrected chi connectivity index (χ4v) is 10.9. The Bertz CT molecular complexity index is 1040. The zero-order valence-corrected chi connectivity index (χ0v) is 31.6. The highest BCUT2D eigenvalue weighted by Crippen LogP contribution is 2.57. The molecule has 0 aromatic rings. The summed E-state index contributed by atoms with van der Waals surface area (Å²) in [4.78, 5) is 27.9. The van der Waals surface area contributed by atoms with Gasteiger partial charge in [-0.1, -0.05) is 67.5 Å². The van der Waals surface area contributed by atoms with Gasteiger partial charge in [-0.05, 0) is 111 Å². The van der Waals surface area contributed by atoms with Gasteiger partial charge >= 0.3 is 5.97 Å². The number of ether oxygens (including phenoxy) is 1. The molecular weight excluding hydrogens is 569 g/mol. The molecule has 1 saturated heterocycles. The molecule has 4 rings (SSSR count). The second-order valence-electron chi connectivity index (χ2n) is 17.7. The zero-order valence-electron chi connectivity index (χ0n) is 29.6. The molecule has 0 spiro atoms. The van der Waals surface area contributed by atoms with Crippen LogP contribution in [0.1, 0.15) is 107 Å². The SMILES string of the molecule is CC[C@H]1CCC[C@@H](O[Si](C)(C)C(C)(C)C)[C@@H](C)C(=O)[C@@H]2C[C@@H]3[C@@H](C=C[C@@H]4C[C@@H](O[Si](C)(C)C(C)(C)C)C[C@@H]34)[C@@H]2CC(=O)O1. The second-order valence-corrected chi connectivity index (χ2v) is 27.2. The number of hydrogen-bond donors (Lipinski definition) is 0. The summed E-state index contributed by atoms with van der Waals surface area (Å²) in [6, 6.07) is 0. The minimum absolute atomic E-state index is 0.00969. The van der Waals surface area contributed by atoms with E-state index >= 15 is 0 Å². The van der Waals surface area contributed by atoms with Gasteiger partial charge in [0.2, 0.25) is 0 Å². The van der Waals surface area contributed by atoms with E-state index in [1.165, 1.54) is 0 Å². The van der Waals surface area contributed by atoms with Crippen molar-refractivity contribution in [2.45, 2.75) is 161 Å². The van der Waals surface area contributed by atoms with Crippen molar-refractivity contribution in [1.29, 1.82) is 0 Å². The highest BCUT2D eigenvalue weighted by molar-refractivity contribution is 6.74. The number of Topliss-reactive ketones (excluding diaryl/α,β-unsaturated/α-hetero) is 1. The molecule has 0 N–H and O–H groups in total. The lowest BCUT2D eigenvalue weighted by molar-refractivity contribution is -0.152. The van der Waals surface area contributed by atoms with Crippen LogP contribution in [0.3, 0.4) is 0 Å². The van der Waals surface area contributed by atoms with Crippen molar-refractivity contribution >= 4 is 28.4 Å². The first-order valence-electron chi connectivity index (χ1n) is 17.5. The van der Waals surface area contributed by atoms with Crippen molar-refractivity contribution < 1.29 is 23.2 Å². The highest BCUT2D eigenvalue weighted by Gasteiger charge is 2.55. The van der Waals surface area contributed by atoms with E-state index in [1.807, 2.05) is 0 Å². The van der Waals surface area contributed by atoms with E-state index < -0.39 is 16.6 Å². The van der Waals surface area contributed by atoms with Gasteiger partial charge in [0.05, 0.1) is 6.10 Å². The van der Waals surface area contributed by atoms with E-state index in [4.69, 9.17) is 13.6 Å². The number of esters is 1. The first-order chi connectivity index (χ1) is 19.8. The zero-order chi connectivity index (χ0) is 32.1. The van der Waals surface area contributed by atoms with Crippen LogP contribution in [0.5, 0.6) is 0 Å². The first kappa shape index (κ1) is 35.1. The smallest absolute Gasteiger partial charge is 0.306 e. The summed E-state index contributed by atoms with van der Waals surface area (Å²) in [6.07, 6.45) is 11.8. The van der Waals surface area contributed by atoms with Gasteiger partial charge in [0.15, 0.2) is 16.6 Å². The van der Waals surface area contributed by atoms with Crippen LogP contribution in [0.2, 0.25) is 36.3 Å². The molecular formula is C36H64O5Si2. The van der Waals surface area contributed by atoms with Crippen molar-refractivity contribution in [2.75, 3.05) is 0 Å². The summed E-state index contributed by atoms with van der Waals surface area (Å²) in [6.45, 7) is 27.3. The van der Waals surface area contributed by atoms with Crippen LogP contribution in [0, 0.1) is 41.4 Å². The van der Waals surface area contributed by atoms with E-state index in [0.29, 0.717) is 30.0 Å². The lowest BCUT2D eigenvalue weighted by Crippen LogP contribution is -2.47. The Hall–Kier alpha value is -0.766. The number of carbonyl (C=O) groups excluding carboxylic acids is 2. The first-order valence-corrected chi connectivity index (χ1v) is 23.3. The maximum atomic E-state index is 14.6. The van der Waals surface area contributed by atoms with Gasteiger partial charge in [0, 0.05) is 24.4 Å². The minimum atomic E-state index is -2.07. The van der Waals surface area contributed by atoms with Crippen LogP contribution in [0.4, 0.5) is 0 Å². The van der Waals surface area contributed by atoms with E-state index in [2.05, 4.69) is 93.7 Å². The van der Waals surface area contributed by atoms with Gasteiger partial charge < -0.3 is 13.6 Å². The second kappa shape index (κ2) is 12.8. The normalized spacial score (nSPS) is 38.0. The molecule has 0 aromatic carbocycles. The Morgan fingerprint density at radius 3 is 2.07 bits per heavy atom. The van der Waals surface area contributed by atoms with Crippen molar-refractivity contribution in [1.82, 2.24) is 0 Å². The van der Waals surface area contributed by atoms with Crippen LogP contribution < -0.4 is 0 Å². The van der Waals surface area contributed by atoms with Crippen LogP contribution >= 0.6 is 0 Å². The Morgan fingerprint density at radius 2 is 1.47 bits per heavy atom. The summed E-state index contributed by atoms with van der Waals surface area (Å²) >= 11 is 0. The quantitative estimate of drug-likeness (QED) is 0.172.